The van der Waals surface area contributed by atoms with Crippen molar-refractivity contribution in [2.75, 3.05) is 25.0 Å². The fourth-order valence-corrected chi connectivity index (χ4v) is 4.16. The Kier molecular flexibility index (Phi) is 8.33. The van der Waals surface area contributed by atoms with Gasteiger partial charge in [0.25, 0.3) is 5.91 Å². The average Bonchev–Trinajstić information content (AvgIpc) is 2.80. The van der Waals surface area contributed by atoms with E-state index in [-0.39, 0.29) is 42.1 Å². The number of anilines is 1. The highest BCUT2D eigenvalue weighted by Crippen LogP contribution is 2.30. The third-order valence-electron chi connectivity index (χ3n) is 5.75. The summed E-state index contributed by atoms with van der Waals surface area (Å²) in [7, 11) is 0. The van der Waals surface area contributed by atoms with Gasteiger partial charge in [0, 0.05) is 38.0 Å². The summed E-state index contributed by atoms with van der Waals surface area (Å²) in [5.41, 5.74) is 7.29. The first-order chi connectivity index (χ1) is 16.3. The van der Waals surface area contributed by atoms with Gasteiger partial charge in [-0.1, -0.05) is 0 Å². The minimum absolute atomic E-state index is 0.0725. The molecule has 0 heterocycles. The van der Waals surface area contributed by atoms with Crippen LogP contribution in [0.3, 0.4) is 0 Å². The minimum Gasteiger partial charge on any atom is -0.483 e. The van der Waals surface area contributed by atoms with Crippen LogP contribution in [0, 0.1) is 29.8 Å². The largest absolute Gasteiger partial charge is 0.483 e. The molecule has 2 aromatic rings. The molecule has 1 unspecified atom stereocenters. The van der Waals surface area contributed by atoms with Crippen LogP contribution in [-0.4, -0.2) is 42.8 Å². The molecule has 0 fully saturated rings. The third-order valence-corrected chi connectivity index (χ3v) is 5.75. The van der Waals surface area contributed by atoms with Crippen molar-refractivity contribution < 1.29 is 22.7 Å². The number of rotatable bonds is 9. The highest BCUT2D eigenvalue weighted by Gasteiger charge is 2.29. The molecule has 0 saturated carbocycles. The van der Waals surface area contributed by atoms with Gasteiger partial charge in [-0.3, -0.25) is 4.79 Å². The summed E-state index contributed by atoms with van der Waals surface area (Å²) in [6, 6.07) is 6.30. The number of hydrogen-bond acceptors (Lipinski definition) is 5. The summed E-state index contributed by atoms with van der Waals surface area (Å²) in [5.74, 6) is -2.33. The number of carbonyl (C=O) groups excluding carboxylic acids is 1. The first-order valence-corrected chi connectivity index (χ1v) is 11.2. The Hall–Kier alpha value is -3.33. The van der Waals surface area contributed by atoms with Crippen molar-refractivity contribution in [1.29, 1.82) is 5.41 Å². The summed E-state index contributed by atoms with van der Waals surface area (Å²) < 4.78 is 48.4. The second-order valence-corrected chi connectivity index (χ2v) is 8.17. The molecule has 1 aliphatic rings. The molecule has 0 spiro atoms. The number of ether oxygens (including phenoxy) is 1. The van der Waals surface area contributed by atoms with Crippen LogP contribution in [0.15, 0.2) is 41.8 Å². The van der Waals surface area contributed by atoms with Gasteiger partial charge >= 0.3 is 0 Å². The third kappa shape index (κ3) is 5.77. The molecular formula is C25H29F3N4O2. The average molecular weight is 475 g/mol. The van der Waals surface area contributed by atoms with Crippen molar-refractivity contribution in [2.45, 2.75) is 39.2 Å². The lowest BCUT2D eigenvalue weighted by molar-refractivity contribution is -0.117. The number of nitrogens with zero attached hydrogens (tertiary/aromatic N) is 1. The maximum Gasteiger partial charge on any atom is 0.293 e. The first kappa shape index (κ1) is 25.3. The SMILES string of the molecule is CCN(CCN)/C(C=N)=C(\OC1CCc2c(F)ccc(F)c2C1)C(=O)Nc1cc(C)cc(F)c1. The molecule has 2 aromatic carbocycles. The van der Waals surface area contributed by atoms with Crippen LogP contribution in [0.2, 0.25) is 0 Å². The normalized spacial score (nSPS) is 15.8. The van der Waals surface area contributed by atoms with Crippen LogP contribution in [0.4, 0.5) is 18.9 Å². The van der Waals surface area contributed by atoms with Gasteiger partial charge in [-0.05, 0) is 73.7 Å². The zero-order valence-electron chi connectivity index (χ0n) is 19.3. The van der Waals surface area contributed by atoms with Gasteiger partial charge in [0.15, 0.2) is 0 Å². The molecule has 0 radical (unpaired) electrons. The molecule has 3 rings (SSSR count). The fraction of sp³-hybridized carbons (Fsp3) is 0.360. The van der Waals surface area contributed by atoms with E-state index in [4.69, 9.17) is 15.9 Å². The van der Waals surface area contributed by atoms with Gasteiger partial charge in [0.1, 0.15) is 29.3 Å². The van der Waals surface area contributed by atoms with Crippen LogP contribution in [0.25, 0.3) is 0 Å². The fourth-order valence-electron chi connectivity index (χ4n) is 4.16. The van der Waals surface area contributed by atoms with Crippen LogP contribution in [-0.2, 0) is 22.4 Å². The molecule has 0 bridgehead atoms. The maximum atomic E-state index is 14.4. The van der Waals surface area contributed by atoms with Crippen molar-refractivity contribution in [1.82, 2.24) is 4.90 Å². The number of amides is 1. The van der Waals surface area contributed by atoms with Crippen molar-refractivity contribution in [3.63, 3.8) is 0 Å². The highest BCUT2D eigenvalue weighted by atomic mass is 19.1. The van der Waals surface area contributed by atoms with Crippen molar-refractivity contribution >= 4 is 17.8 Å². The number of halogens is 3. The summed E-state index contributed by atoms with van der Waals surface area (Å²) in [6.45, 7) is 4.65. The molecule has 6 nitrogen and oxygen atoms in total. The summed E-state index contributed by atoms with van der Waals surface area (Å²) in [5, 5.41) is 10.6. The molecule has 1 atom stereocenters. The molecule has 34 heavy (non-hydrogen) atoms. The number of hydrogen-bond donors (Lipinski definition) is 3. The second-order valence-electron chi connectivity index (χ2n) is 8.17. The van der Waals surface area contributed by atoms with Gasteiger partial charge in [0.05, 0.1) is 0 Å². The Morgan fingerprint density at radius 2 is 1.94 bits per heavy atom. The number of allylic oxidation sites excluding steroid dienone is 1. The highest BCUT2D eigenvalue weighted by molar-refractivity contribution is 6.05. The van der Waals surface area contributed by atoms with Crippen LogP contribution in [0.5, 0.6) is 0 Å². The van der Waals surface area contributed by atoms with E-state index in [0.29, 0.717) is 30.6 Å². The number of nitrogens with one attached hydrogen (secondary N) is 2. The van der Waals surface area contributed by atoms with E-state index in [0.717, 1.165) is 18.3 Å². The molecule has 182 valence electrons. The van der Waals surface area contributed by atoms with E-state index in [2.05, 4.69) is 5.32 Å². The van der Waals surface area contributed by atoms with E-state index in [1.165, 1.54) is 12.1 Å². The van der Waals surface area contributed by atoms with E-state index in [9.17, 15) is 18.0 Å². The predicted molar refractivity (Wildman–Crippen MR) is 125 cm³/mol. The van der Waals surface area contributed by atoms with Crippen LogP contribution >= 0.6 is 0 Å². The monoisotopic (exact) mass is 474 g/mol. The Morgan fingerprint density at radius 3 is 2.56 bits per heavy atom. The van der Waals surface area contributed by atoms with Gasteiger partial charge in [-0.2, -0.15) is 0 Å². The van der Waals surface area contributed by atoms with E-state index in [1.807, 2.05) is 6.92 Å². The summed E-state index contributed by atoms with van der Waals surface area (Å²) in [4.78, 5) is 15.0. The molecule has 0 aromatic heterocycles. The first-order valence-electron chi connectivity index (χ1n) is 11.2. The number of likely N-dealkylation sites (N-methyl/N-ethyl adjacent to an activating group) is 1. The van der Waals surface area contributed by atoms with Crippen LogP contribution in [0.1, 0.15) is 30.0 Å². The van der Waals surface area contributed by atoms with E-state index in [1.54, 1.807) is 17.9 Å². The van der Waals surface area contributed by atoms with E-state index >= 15 is 0 Å². The Labute approximate surface area is 197 Å². The van der Waals surface area contributed by atoms with E-state index < -0.39 is 29.5 Å². The smallest absolute Gasteiger partial charge is 0.293 e. The molecule has 0 saturated heterocycles. The lowest BCUT2D eigenvalue weighted by Crippen LogP contribution is -2.35. The van der Waals surface area contributed by atoms with Crippen molar-refractivity contribution in [3.8, 4) is 0 Å². The number of carbonyl (C=O) groups is 1. The Morgan fingerprint density at radius 1 is 1.24 bits per heavy atom. The van der Waals surface area contributed by atoms with Gasteiger partial charge in [-0.25, -0.2) is 13.2 Å². The quantitative estimate of drug-likeness (QED) is 0.290. The number of benzene rings is 2. The molecule has 1 amide bonds. The lowest BCUT2D eigenvalue weighted by atomic mass is 9.89. The van der Waals surface area contributed by atoms with Gasteiger partial charge in [-0.15, -0.1) is 0 Å². The van der Waals surface area contributed by atoms with Gasteiger partial charge in [0.2, 0.25) is 5.76 Å². The lowest BCUT2D eigenvalue weighted by Gasteiger charge is -2.30. The number of nitrogens with two attached hydrogens (primary N) is 1. The van der Waals surface area contributed by atoms with Crippen LogP contribution < -0.4 is 11.1 Å². The number of aryl methyl sites for hydroxylation is 1. The standard InChI is InChI=1S/C25H29F3N4O2/c1-3-32(9-8-29)23(14-30)24(25(33)31-17-11-15(2)10-16(26)12-17)34-18-4-5-19-20(13-18)22(28)7-6-21(19)27/h6-7,10-12,14,18,30H,3-5,8-9,13,29H2,1-2H3,(H,31,33)/b24-23-,30-14?. The molecule has 9 heteroatoms. The minimum atomic E-state index is -0.676. The zero-order valence-corrected chi connectivity index (χ0v) is 19.3. The van der Waals surface area contributed by atoms with Crippen molar-refractivity contribution in [3.05, 3.63) is 75.9 Å². The Bertz CT molecular complexity index is 1080. The predicted octanol–water partition coefficient (Wildman–Crippen LogP) is 4.07. The second kappa shape index (κ2) is 11.2. The zero-order chi connectivity index (χ0) is 24.8. The maximum absolute atomic E-state index is 14.4. The molecular weight excluding hydrogens is 445 g/mol. The molecule has 4 N–H and O–H groups in total. The summed E-state index contributed by atoms with van der Waals surface area (Å²) in [6.07, 6.45) is 1.06. The Balaban J connectivity index is 1.96. The number of fused-ring (bicyclic) bond motifs is 1. The van der Waals surface area contributed by atoms with Gasteiger partial charge < -0.3 is 26.1 Å². The molecule has 1 aliphatic carbocycles. The van der Waals surface area contributed by atoms with Crippen molar-refractivity contribution in [2.24, 2.45) is 5.73 Å². The molecule has 0 aliphatic heterocycles. The summed E-state index contributed by atoms with van der Waals surface area (Å²) >= 11 is 0. The topological polar surface area (TPSA) is 91.4 Å².